The van der Waals surface area contributed by atoms with E-state index in [2.05, 4.69) is 20.4 Å². The van der Waals surface area contributed by atoms with Gasteiger partial charge in [-0.25, -0.2) is 0 Å². The van der Waals surface area contributed by atoms with Crippen LogP contribution in [0.5, 0.6) is 0 Å². The van der Waals surface area contributed by atoms with E-state index in [0.717, 1.165) is 37.7 Å². The van der Waals surface area contributed by atoms with Crippen molar-refractivity contribution in [3.8, 4) is 0 Å². The van der Waals surface area contributed by atoms with Crippen molar-refractivity contribution in [2.45, 2.75) is 71.3 Å². The van der Waals surface area contributed by atoms with E-state index in [1.54, 1.807) is 6.92 Å². The average molecular weight is 342 g/mol. The normalized spacial score (nSPS) is 49.1. The Balaban J connectivity index is 1.75. The van der Waals surface area contributed by atoms with E-state index < -0.39 is 5.60 Å². The summed E-state index contributed by atoms with van der Waals surface area (Å²) in [6.45, 7) is 10.3. The smallest absolute Gasteiger partial charge is 0.161 e. The minimum absolute atomic E-state index is 0.0339. The molecule has 0 unspecified atom stereocenters. The molecule has 0 spiro atoms. The molecule has 25 heavy (non-hydrogen) atoms. The van der Waals surface area contributed by atoms with Crippen molar-refractivity contribution in [2.24, 2.45) is 28.6 Å². The Morgan fingerprint density at radius 3 is 2.56 bits per heavy atom. The predicted molar refractivity (Wildman–Crippen MR) is 96.9 cm³/mol. The number of carbonyl (C=O) groups is 2. The van der Waals surface area contributed by atoms with E-state index in [-0.39, 0.29) is 22.4 Å². The number of allylic oxidation sites excluding steroid dienone is 2. The highest BCUT2D eigenvalue weighted by Crippen LogP contribution is 2.68. The first kappa shape index (κ1) is 17.2. The number of aliphatic hydroxyl groups is 1. The van der Waals surface area contributed by atoms with Crippen LogP contribution in [0.1, 0.15) is 65.7 Å². The lowest BCUT2D eigenvalue weighted by atomic mass is 9.45. The van der Waals surface area contributed by atoms with Gasteiger partial charge in [-0.15, -0.1) is 0 Å². The Morgan fingerprint density at radius 2 is 1.88 bits per heavy atom. The molecular weight excluding hydrogens is 312 g/mol. The maximum absolute atomic E-state index is 12.3. The third-order valence-corrected chi connectivity index (χ3v) is 8.66. The van der Waals surface area contributed by atoms with Crippen molar-refractivity contribution in [3.63, 3.8) is 0 Å². The number of rotatable bonds is 1. The lowest BCUT2D eigenvalue weighted by Gasteiger charge is -2.59. The maximum atomic E-state index is 12.3. The van der Waals surface area contributed by atoms with E-state index >= 15 is 0 Å². The summed E-state index contributed by atoms with van der Waals surface area (Å²) >= 11 is 0. The number of Topliss-reactive ketones (excluding diaryl/α,β-unsaturated/α-hetero) is 1. The molecule has 6 atom stereocenters. The number of ketones is 2. The molecule has 3 fully saturated rings. The fraction of sp³-hybridized carbons (Fsp3) is 0.727. The molecular formula is C22H30O3. The summed E-state index contributed by atoms with van der Waals surface area (Å²) in [6.07, 6.45) is 7.77. The zero-order chi connectivity index (χ0) is 18.2. The molecule has 0 bridgehead atoms. The first-order valence-corrected chi connectivity index (χ1v) is 9.80. The lowest BCUT2D eigenvalue weighted by Crippen LogP contribution is -2.57. The molecule has 4 aliphatic rings. The highest BCUT2D eigenvalue weighted by molar-refractivity contribution is 5.92. The molecule has 4 aliphatic carbocycles. The zero-order valence-electron chi connectivity index (χ0n) is 15.7. The molecule has 0 heterocycles. The number of hydrogen-bond donors (Lipinski definition) is 1. The molecule has 3 saturated carbocycles. The number of fused-ring (bicyclic) bond motifs is 5. The van der Waals surface area contributed by atoms with Crippen molar-refractivity contribution >= 4 is 11.6 Å². The molecule has 3 nitrogen and oxygen atoms in total. The van der Waals surface area contributed by atoms with Gasteiger partial charge in [-0.3, -0.25) is 9.59 Å². The molecule has 0 saturated heterocycles. The van der Waals surface area contributed by atoms with Gasteiger partial charge in [-0.2, -0.15) is 0 Å². The molecule has 0 amide bonds. The summed E-state index contributed by atoms with van der Waals surface area (Å²) < 4.78 is 0. The molecule has 0 aliphatic heterocycles. The van der Waals surface area contributed by atoms with Crippen LogP contribution in [-0.2, 0) is 9.59 Å². The SMILES string of the molecule is C=C1C[C@H]2[C@H]3CC[C@](O)(C(C)=O)[C@@]3(C)CC[C@@H]2[C@@]2(C)CCC(=O)C=C12. The van der Waals surface area contributed by atoms with Crippen LogP contribution in [0.2, 0.25) is 0 Å². The van der Waals surface area contributed by atoms with Crippen LogP contribution < -0.4 is 0 Å². The van der Waals surface area contributed by atoms with Gasteiger partial charge in [0.1, 0.15) is 5.60 Å². The molecule has 3 heteroatoms. The number of hydrogen-bond acceptors (Lipinski definition) is 3. The van der Waals surface area contributed by atoms with Gasteiger partial charge in [-0.1, -0.05) is 26.0 Å². The van der Waals surface area contributed by atoms with E-state index in [9.17, 15) is 14.7 Å². The Bertz CT molecular complexity index is 704. The zero-order valence-corrected chi connectivity index (χ0v) is 15.7. The third-order valence-electron chi connectivity index (χ3n) is 8.66. The maximum Gasteiger partial charge on any atom is 0.161 e. The van der Waals surface area contributed by atoms with Gasteiger partial charge in [0, 0.05) is 11.8 Å². The van der Waals surface area contributed by atoms with Crippen molar-refractivity contribution in [1.82, 2.24) is 0 Å². The molecule has 0 aromatic heterocycles. The minimum atomic E-state index is -1.16. The summed E-state index contributed by atoms with van der Waals surface area (Å²) in [5, 5.41) is 11.2. The molecule has 1 N–H and O–H groups in total. The van der Waals surface area contributed by atoms with E-state index in [4.69, 9.17) is 0 Å². The molecule has 0 aromatic rings. The summed E-state index contributed by atoms with van der Waals surface area (Å²) in [5.74, 6) is 1.54. The van der Waals surface area contributed by atoms with Gasteiger partial charge < -0.3 is 5.11 Å². The van der Waals surface area contributed by atoms with Crippen LogP contribution in [0.15, 0.2) is 23.8 Å². The standard InChI is InChI=1S/C22H30O3/c1-13-11-16-17(20(3)8-5-15(24)12-19(13)20)6-9-21(4)18(16)7-10-22(21,25)14(2)23/h12,16-18,25H,1,5-11H2,2-4H3/t16-,17+,18-,20-,21+,22+/m1/s1. The van der Waals surface area contributed by atoms with Crippen molar-refractivity contribution in [3.05, 3.63) is 23.8 Å². The van der Waals surface area contributed by atoms with Crippen molar-refractivity contribution < 1.29 is 14.7 Å². The van der Waals surface area contributed by atoms with Crippen LogP contribution in [0, 0.1) is 28.6 Å². The Hall–Kier alpha value is -1.22. The predicted octanol–water partition coefficient (Wildman–Crippen LogP) is 4.00. The first-order chi connectivity index (χ1) is 11.6. The van der Waals surface area contributed by atoms with Gasteiger partial charge in [0.25, 0.3) is 0 Å². The topological polar surface area (TPSA) is 54.4 Å². The van der Waals surface area contributed by atoms with E-state index in [1.165, 1.54) is 5.57 Å². The Labute approximate surface area is 150 Å². The van der Waals surface area contributed by atoms with Crippen LogP contribution in [-0.4, -0.2) is 22.3 Å². The van der Waals surface area contributed by atoms with Gasteiger partial charge in [-0.05, 0) is 80.3 Å². The molecule has 0 aromatic carbocycles. The van der Waals surface area contributed by atoms with Crippen LogP contribution in [0.3, 0.4) is 0 Å². The highest BCUT2D eigenvalue weighted by Gasteiger charge is 2.65. The molecule has 136 valence electrons. The Morgan fingerprint density at radius 1 is 1.20 bits per heavy atom. The minimum Gasteiger partial charge on any atom is -0.382 e. The Kier molecular flexibility index (Phi) is 3.55. The first-order valence-electron chi connectivity index (χ1n) is 9.80. The second-order valence-electron chi connectivity index (χ2n) is 9.54. The molecule has 0 radical (unpaired) electrons. The fourth-order valence-electron chi connectivity index (χ4n) is 7.16. The second kappa shape index (κ2) is 5.16. The molecule has 4 rings (SSSR count). The third kappa shape index (κ3) is 2.02. The summed E-state index contributed by atoms with van der Waals surface area (Å²) in [7, 11) is 0. The van der Waals surface area contributed by atoms with E-state index in [1.807, 2.05) is 6.08 Å². The quantitative estimate of drug-likeness (QED) is 0.783. The number of carbonyl (C=O) groups excluding carboxylic acids is 2. The van der Waals surface area contributed by atoms with Gasteiger partial charge in [0.05, 0.1) is 0 Å². The average Bonchev–Trinajstić information content (AvgIpc) is 2.83. The lowest BCUT2D eigenvalue weighted by molar-refractivity contribution is -0.159. The van der Waals surface area contributed by atoms with Crippen LogP contribution >= 0.6 is 0 Å². The van der Waals surface area contributed by atoms with Crippen molar-refractivity contribution in [2.75, 3.05) is 0 Å². The van der Waals surface area contributed by atoms with Crippen LogP contribution in [0.4, 0.5) is 0 Å². The second-order valence-corrected chi connectivity index (χ2v) is 9.54. The summed E-state index contributed by atoms with van der Waals surface area (Å²) in [6, 6.07) is 0. The highest BCUT2D eigenvalue weighted by atomic mass is 16.3. The summed E-state index contributed by atoms with van der Waals surface area (Å²) in [4.78, 5) is 24.2. The fourth-order valence-corrected chi connectivity index (χ4v) is 7.16. The van der Waals surface area contributed by atoms with Gasteiger partial charge in [0.2, 0.25) is 0 Å². The summed E-state index contributed by atoms with van der Waals surface area (Å²) in [5.41, 5.74) is 0.852. The van der Waals surface area contributed by atoms with Crippen LogP contribution in [0.25, 0.3) is 0 Å². The van der Waals surface area contributed by atoms with Gasteiger partial charge >= 0.3 is 0 Å². The monoisotopic (exact) mass is 342 g/mol. The van der Waals surface area contributed by atoms with E-state index in [0.29, 0.717) is 30.6 Å². The van der Waals surface area contributed by atoms with Gasteiger partial charge in [0.15, 0.2) is 11.6 Å². The largest absolute Gasteiger partial charge is 0.382 e. The van der Waals surface area contributed by atoms with Crippen molar-refractivity contribution in [1.29, 1.82) is 0 Å².